The van der Waals surface area contributed by atoms with E-state index in [4.69, 9.17) is 5.11 Å². The highest BCUT2D eigenvalue weighted by Gasteiger charge is 2.36. The summed E-state index contributed by atoms with van der Waals surface area (Å²) in [4.78, 5) is 13.0. The molecule has 1 heterocycles. The Bertz CT molecular complexity index is 259. The minimum Gasteiger partial charge on any atom is -0.481 e. The molecule has 4 heteroatoms. The monoisotopic (exact) mass is 257 g/mol. The highest BCUT2D eigenvalue weighted by Crippen LogP contribution is 2.42. The van der Waals surface area contributed by atoms with Gasteiger partial charge in [-0.2, -0.15) is 11.8 Å². The molecule has 2 aliphatic rings. The van der Waals surface area contributed by atoms with E-state index in [2.05, 4.69) is 16.7 Å². The van der Waals surface area contributed by atoms with Gasteiger partial charge in [0.2, 0.25) is 0 Å². The zero-order chi connectivity index (χ0) is 12.1. The summed E-state index contributed by atoms with van der Waals surface area (Å²) >= 11 is 2.17. The lowest BCUT2D eigenvalue weighted by Gasteiger charge is -2.44. The molecule has 0 aromatic rings. The van der Waals surface area contributed by atoms with Gasteiger partial charge in [-0.15, -0.1) is 0 Å². The van der Waals surface area contributed by atoms with Crippen LogP contribution in [0.25, 0.3) is 0 Å². The Balaban J connectivity index is 1.77. The second kappa shape index (κ2) is 6.10. The number of carbonyl (C=O) groups is 1. The molecule has 0 aromatic carbocycles. The van der Waals surface area contributed by atoms with E-state index in [1.54, 1.807) is 0 Å². The van der Waals surface area contributed by atoms with Crippen LogP contribution in [0, 0.1) is 0 Å². The summed E-state index contributed by atoms with van der Waals surface area (Å²) in [5.74, 6) is 0.566. The molecule has 0 unspecified atom stereocenters. The maximum Gasteiger partial charge on any atom is 0.303 e. The normalized spacial score (nSPS) is 24.9. The number of nitrogens with zero attached hydrogens (tertiary/aromatic N) is 1. The minimum absolute atomic E-state index is 0.316. The number of rotatable bonds is 4. The molecular weight excluding hydrogens is 234 g/mol. The third-order valence-electron chi connectivity index (χ3n) is 3.96. The molecule has 0 atom stereocenters. The van der Waals surface area contributed by atoms with E-state index in [9.17, 15) is 4.79 Å². The molecule has 1 saturated carbocycles. The maximum atomic E-state index is 10.5. The van der Waals surface area contributed by atoms with E-state index in [0.717, 1.165) is 19.5 Å². The SMILES string of the molecule is O=C(O)CCCN1CCSC2(CCCCC2)C1. The van der Waals surface area contributed by atoms with Gasteiger partial charge in [0.1, 0.15) is 0 Å². The molecule has 2 fully saturated rings. The molecule has 1 saturated heterocycles. The van der Waals surface area contributed by atoms with Gasteiger partial charge in [0, 0.05) is 30.0 Å². The zero-order valence-electron chi connectivity index (χ0n) is 10.5. The zero-order valence-corrected chi connectivity index (χ0v) is 11.3. The van der Waals surface area contributed by atoms with Gasteiger partial charge in [0.15, 0.2) is 0 Å². The van der Waals surface area contributed by atoms with Crippen molar-refractivity contribution in [3.8, 4) is 0 Å². The minimum atomic E-state index is -0.663. The number of carboxylic acid groups (broad SMARTS) is 1. The van der Waals surface area contributed by atoms with Crippen LogP contribution in [-0.2, 0) is 4.79 Å². The first-order valence-corrected chi connectivity index (χ1v) is 7.77. The summed E-state index contributed by atoms with van der Waals surface area (Å²) in [5.41, 5.74) is 0. The van der Waals surface area contributed by atoms with Crippen molar-refractivity contribution in [2.45, 2.75) is 49.7 Å². The number of carboxylic acids is 1. The van der Waals surface area contributed by atoms with E-state index in [1.807, 2.05) is 0 Å². The molecule has 17 heavy (non-hydrogen) atoms. The summed E-state index contributed by atoms with van der Waals surface area (Å²) in [7, 11) is 0. The molecule has 0 bridgehead atoms. The van der Waals surface area contributed by atoms with Crippen LogP contribution in [0.1, 0.15) is 44.9 Å². The Hall–Kier alpha value is -0.220. The topological polar surface area (TPSA) is 40.5 Å². The summed E-state index contributed by atoms with van der Waals surface area (Å²) < 4.78 is 0.514. The van der Waals surface area contributed by atoms with Crippen LogP contribution in [0.4, 0.5) is 0 Å². The highest BCUT2D eigenvalue weighted by molar-refractivity contribution is 8.00. The summed E-state index contributed by atoms with van der Waals surface area (Å²) in [5, 5.41) is 8.66. The lowest BCUT2D eigenvalue weighted by molar-refractivity contribution is -0.137. The Labute approximate surface area is 108 Å². The van der Waals surface area contributed by atoms with Gasteiger partial charge in [-0.25, -0.2) is 0 Å². The Kier molecular flexibility index (Phi) is 4.74. The van der Waals surface area contributed by atoms with Crippen LogP contribution in [0.3, 0.4) is 0 Å². The van der Waals surface area contributed by atoms with Crippen LogP contribution in [0.5, 0.6) is 0 Å². The summed E-state index contributed by atoms with van der Waals surface area (Å²) in [6.07, 6.45) is 8.03. The average molecular weight is 257 g/mol. The van der Waals surface area contributed by atoms with Crippen molar-refractivity contribution in [2.24, 2.45) is 0 Å². The standard InChI is InChI=1S/C13H23NO2S/c15-12(16)5-4-8-14-9-10-17-13(11-14)6-2-1-3-7-13/h1-11H2,(H,15,16). The first-order valence-electron chi connectivity index (χ1n) is 6.78. The second-order valence-corrected chi connectivity index (χ2v) is 6.93. The Morgan fingerprint density at radius 3 is 2.76 bits per heavy atom. The number of aliphatic carboxylic acids is 1. The first-order chi connectivity index (χ1) is 8.20. The number of thioether (sulfide) groups is 1. The van der Waals surface area contributed by atoms with Crippen molar-refractivity contribution in [3.63, 3.8) is 0 Å². The molecule has 0 radical (unpaired) electrons. The van der Waals surface area contributed by atoms with Gasteiger partial charge < -0.3 is 10.0 Å². The quantitative estimate of drug-likeness (QED) is 0.840. The first kappa shape index (κ1) is 13.2. The molecule has 2 rings (SSSR count). The summed E-state index contributed by atoms with van der Waals surface area (Å²) in [6.45, 7) is 3.30. The van der Waals surface area contributed by atoms with Crippen molar-refractivity contribution >= 4 is 17.7 Å². The van der Waals surface area contributed by atoms with E-state index < -0.39 is 5.97 Å². The Morgan fingerprint density at radius 2 is 2.06 bits per heavy atom. The van der Waals surface area contributed by atoms with Gasteiger partial charge in [0.05, 0.1) is 0 Å². The van der Waals surface area contributed by atoms with E-state index >= 15 is 0 Å². The lowest BCUT2D eigenvalue weighted by atomic mass is 9.87. The van der Waals surface area contributed by atoms with E-state index in [0.29, 0.717) is 11.2 Å². The lowest BCUT2D eigenvalue weighted by Crippen LogP contribution is -2.47. The highest BCUT2D eigenvalue weighted by atomic mass is 32.2. The van der Waals surface area contributed by atoms with Crippen molar-refractivity contribution in [2.75, 3.05) is 25.4 Å². The van der Waals surface area contributed by atoms with Crippen molar-refractivity contribution in [3.05, 3.63) is 0 Å². The van der Waals surface area contributed by atoms with E-state index in [-0.39, 0.29) is 0 Å². The molecule has 98 valence electrons. The molecule has 1 aliphatic carbocycles. The van der Waals surface area contributed by atoms with Crippen LogP contribution in [-0.4, -0.2) is 46.1 Å². The van der Waals surface area contributed by atoms with Gasteiger partial charge in [0.25, 0.3) is 0 Å². The maximum absolute atomic E-state index is 10.5. The van der Waals surface area contributed by atoms with Crippen LogP contribution < -0.4 is 0 Å². The van der Waals surface area contributed by atoms with Crippen molar-refractivity contribution in [1.82, 2.24) is 4.90 Å². The van der Waals surface area contributed by atoms with Crippen LogP contribution in [0.15, 0.2) is 0 Å². The van der Waals surface area contributed by atoms with Gasteiger partial charge >= 0.3 is 5.97 Å². The van der Waals surface area contributed by atoms with Gasteiger partial charge in [-0.1, -0.05) is 19.3 Å². The van der Waals surface area contributed by atoms with Gasteiger partial charge in [-0.3, -0.25) is 4.79 Å². The number of hydrogen-bond donors (Lipinski definition) is 1. The Morgan fingerprint density at radius 1 is 1.29 bits per heavy atom. The van der Waals surface area contributed by atoms with Crippen LogP contribution >= 0.6 is 11.8 Å². The molecule has 1 aliphatic heterocycles. The number of hydrogen-bond acceptors (Lipinski definition) is 3. The molecule has 1 spiro atoms. The summed E-state index contributed by atoms with van der Waals surface area (Å²) in [6, 6.07) is 0. The van der Waals surface area contributed by atoms with Crippen molar-refractivity contribution in [1.29, 1.82) is 0 Å². The third-order valence-corrected chi connectivity index (χ3v) is 5.49. The predicted molar refractivity (Wildman–Crippen MR) is 71.6 cm³/mol. The molecule has 0 amide bonds. The van der Waals surface area contributed by atoms with Crippen molar-refractivity contribution < 1.29 is 9.90 Å². The second-order valence-electron chi connectivity index (χ2n) is 5.37. The third kappa shape index (κ3) is 3.88. The fourth-order valence-electron chi connectivity index (χ4n) is 3.07. The largest absolute Gasteiger partial charge is 0.481 e. The smallest absolute Gasteiger partial charge is 0.303 e. The van der Waals surface area contributed by atoms with Crippen LogP contribution in [0.2, 0.25) is 0 Å². The molecule has 3 nitrogen and oxygen atoms in total. The molecule has 1 N–H and O–H groups in total. The average Bonchev–Trinajstić information content (AvgIpc) is 2.29. The predicted octanol–water partition coefficient (Wildman–Crippen LogP) is 2.60. The molecule has 0 aromatic heterocycles. The van der Waals surface area contributed by atoms with Gasteiger partial charge in [-0.05, 0) is 25.8 Å². The fourth-order valence-corrected chi connectivity index (χ4v) is 4.70. The fraction of sp³-hybridized carbons (Fsp3) is 0.923. The van der Waals surface area contributed by atoms with E-state index in [1.165, 1.54) is 44.4 Å². The molecular formula is C13H23NO2S.